The van der Waals surface area contributed by atoms with Crippen molar-refractivity contribution in [3.63, 3.8) is 0 Å². The molecule has 180 valence electrons. The molecule has 0 unspecified atom stereocenters. The number of para-hydroxylation sites is 1. The van der Waals surface area contributed by atoms with Crippen molar-refractivity contribution in [1.29, 1.82) is 0 Å². The van der Waals surface area contributed by atoms with Crippen LogP contribution in [0, 0.1) is 0 Å². The second kappa shape index (κ2) is 9.66. The van der Waals surface area contributed by atoms with E-state index < -0.39 is 0 Å². The Bertz CT molecular complexity index is 1870. The van der Waals surface area contributed by atoms with Crippen LogP contribution in [0.25, 0.3) is 43.8 Å². The van der Waals surface area contributed by atoms with Crippen molar-refractivity contribution in [1.82, 2.24) is 0 Å². The molecule has 1 nitrogen and oxygen atoms in total. The Labute approximate surface area is 226 Å². The SMILES string of the molecule is c1ccc(-c2c(-c3ccc4ccccc4c3)csc2N(c2ccccc2)c2ccc3ccccc3c2)cc1. The van der Waals surface area contributed by atoms with Crippen molar-refractivity contribution in [3.8, 4) is 22.3 Å². The molecule has 0 saturated carbocycles. The molecule has 0 aliphatic rings. The summed E-state index contributed by atoms with van der Waals surface area (Å²) < 4.78 is 0. The molecule has 0 aliphatic carbocycles. The normalized spacial score (nSPS) is 11.2. The minimum absolute atomic E-state index is 1.15. The number of anilines is 3. The molecule has 0 aliphatic heterocycles. The zero-order valence-electron chi connectivity index (χ0n) is 20.8. The first kappa shape index (κ1) is 22.5. The lowest BCUT2D eigenvalue weighted by Crippen LogP contribution is -2.09. The van der Waals surface area contributed by atoms with Crippen molar-refractivity contribution < 1.29 is 0 Å². The fraction of sp³-hybridized carbons (Fsp3) is 0. The molecule has 0 N–H and O–H groups in total. The first-order chi connectivity index (χ1) is 18.8. The quantitative estimate of drug-likeness (QED) is 0.226. The zero-order valence-corrected chi connectivity index (χ0v) is 21.6. The van der Waals surface area contributed by atoms with E-state index in [0.717, 1.165) is 11.4 Å². The zero-order chi connectivity index (χ0) is 25.3. The third-order valence-corrected chi connectivity index (χ3v) is 8.07. The third kappa shape index (κ3) is 4.06. The second-order valence-corrected chi connectivity index (χ2v) is 10.3. The van der Waals surface area contributed by atoms with Crippen LogP contribution in [-0.2, 0) is 0 Å². The molecule has 1 aromatic heterocycles. The maximum absolute atomic E-state index is 2.41. The molecule has 0 radical (unpaired) electrons. The highest BCUT2D eigenvalue weighted by molar-refractivity contribution is 7.15. The summed E-state index contributed by atoms with van der Waals surface area (Å²) in [6.45, 7) is 0. The Morgan fingerprint density at radius 3 is 1.71 bits per heavy atom. The maximum Gasteiger partial charge on any atom is 0.109 e. The predicted octanol–water partition coefficient (Wildman–Crippen LogP) is 10.9. The van der Waals surface area contributed by atoms with Crippen LogP contribution in [0.3, 0.4) is 0 Å². The Morgan fingerprint density at radius 2 is 1.00 bits per heavy atom. The monoisotopic (exact) mass is 503 g/mol. The highest BCUT2D eigenvalue weighted by Gasteiger charge is 2.23. The summed E-state index contributed by atoms with van der Waals surface area (Å²) in [5.41, 5.74) is 7.25. The molecule has 7 aromatic rings. The Morgan fingerprint density at radius 1 is 0.421 bits per heavy atom. The van der Waals surface area contributed by atoms with Crippen LogP contribution < -0.4 is 4.90 Å². The van der Waals surface area contributed by atoms with Crippen LogP contribution in [0.5, 0.6) is 0 Å². The van der Waals surface area contributed by atoms with Gasteiger partial charge in [-0.3, -0.25) is 0 Å². The molecule has 7 rings (SSSR count). The molecule has 0 saturated heterocycles. The van der Waals surface area contributed by atoms with E-state index in [2.05, 4.69) is 156 Å². The number of thiophene rings is 1. The molecule has 0 spiro atoms. The van der Waals surface area contributed by atoms with Gasteiger partial charge in [-0.25, -0.2) is 0 Å². The van der Waals surface area contributed by atoms with Gasteiger partial charge in [0.2, 0.25) is 0 Å². The molecule has 2 heteroatoms. The molecule has 38 heavy (non-hydrogen) atoms. The van der Waals surface area contributed by atoms with Gasteiger partial charge in [-0.1, -0.05) is 115 Å². The number of fused-ring (bicyclic) bond motifs is 2. The molecule has 6 aromatic carbocycles. The highest BCUT2D eigenvalue weighted by atomic mass is 32.1. The summed E-state index contributed by atoms with van der Waals surface area (Å²) in [5, 5.41) is 8.52. The van der Waals surface area contributed by atoms with Gasteiger partial charge in [-0.15, -0.1) is 11.3 Å². The van der Waals surface area contributed by atoms with Gasteiger partial charge < -0.3 is 4.90 Å². The lowest BCUT2D eigenvalue weighted by molar-refractivity contribution is 1.32. The standard InChI is InChI=1S/C36H25NS/c1-3-13-28(14-4-1)35-34(31-20-19-26-11-7-9-15-29(26)23-31)25-38-36(35)37(32-17-5-2-6-18-32)33-22-21-27-12-8-10-16-30(27)24-33/h1-25H. The van der Waals surface area contributed by atoms with E-state index in [1.165, 1.54) is 48.8 Å². The largest absolute Gasteiger partial charge is 0.301 e. The summed E-state index contributed by atoms with van der Waals surface area (Å²) in [7, 11) is 0. The maximum atomic E-state index is 2.41. The highest BCUT2D eigenvalue weighted by Crippen LogP contribution is 2.50. The number of hydrogen-bond acceptors (Lipinski definition) is 2. The molecule has 0 bridgehead atoms. The van der Waals surface area contributed by atoms with Crippen molar-refractivity contribution in [3.05, 3.63) is 151 Å². The fourth-order valence-electron chi connectivity index (χ4n) is 5.24. The van der Waals surface area contributed by atoms with Gasteiger partial charge in [-0.05, 0) is 63.0 Å². The van der Waals surface area contributed by atoms with E-state index in [9.17, 15) is 0 Å². The summed E-state index contributed by atoms with van der Waals surface area (Å²) in [6, 6.07) is 52.2. The molecular weight excluding hydrogens is 478 g/mol. The van der Waals surface area contributed by atoms with Crippen molar-refractivity contribution in [2.75, 3.05) is 4.90 Å². The van der Waals surface area contributed by atoms with Crippen molar-refractivity contribution >= 4 is 49.3 Å². The summed E-state index contributed by atoms with van der Waals surface area (Å²) in [6.07, 6.45) is 0. The van der Waals surface area contributed by atoms with E-state index in [4.69, 9.17) is 0 Å². The van der Waals surface area contributed by atoms with E-state index in [1.54, 1.807) is 11.3 Å². The topological polar surface area (TPSA) is 3.24 Å². The molecule has 0 fully saturated rings. The predicted molar refractivity (Wildman–Crippen MR) is 165 cm³/mol. The minimum Gasteiger partial charge on any atom is -0.301 e. The molecule has 0 atom stereocenters. The lowest BCUT2D eigenvalue weighted by Gasteiger charge is -2.26. The fourth-order valence-corrected chi connectivity index (χ4v) is 6.39. The van der Waals surface area contributed by atoms with Crippen LogP contribution in [0.1, 0.15) is 0 Å². The number of hydrogen-bond donors (Lipinski definition) is 0. The van der Waals surface area contributed by atoms with Gasteiger partial charge in [0, 0.05) is 27.9 Å². The van der Waals surface area contributed by atoms with Crippen LogP contribution in [0.15, 0.2) is 151 Å². The van der Waals surface area contributed by atoms with Gasteiger partial charge >= 0.3 is 0 Å². The van der Waals surface area contributed by atoms with Gasteiger partial charge in [0.1, 0.15) is 5.00 Å². The van der Waals surface area contributed by atoms with Crippen LogP contribution in [0.2, 0.25) is 0 Å². The van der Waals surface area contributed by atoms with Crippen LogP contribution in [0.4, 0.5) is 16.4 Å². The summed E-state index contributed by atoms with van der Waals surface area (Å²) >= 11 is 1.80. The van der Waals surface area contributed by atoms with E-state index in [0.29, 0.717) is 0 Å². The second-order valence-electron chi connectivity index (χ2n) is 9.46. The first-order valence-corrected chi connectivity index (χ1v) is 13.7. The van der Waals surface area contributed by atoms with Gasteiger partial charge in [0.05, 0.1) is 0 Å². The van der Waals surface area contributed by atoms with E-state index >= 15 is 0 Å². The smallest absolute Gasteiger partial charge is 0.109 e. The minimum atomic E-state index is 1.15. The Kier molecular flexibility index (Phi) is 5.73. The average molecular weight is 504 g/mol. The molecule has 1 heterocycles. The lowest BCUT2D eigenvalue weighted by atomic mass is 9.96. The van der Waals surface area contributed by atoms with Gasteiger partial charge in [0.25, 0.3) is 0 Å². The number of rotatable bonds is 5. The van der Waals surface area contributed by atoms with E-state index in [-0.39, 0.29) is 0 Å². The Balaban J connectivity index is 1.48. The van der Waals surface area contributed by atoms with Gasteiger partial charge in [0.15, 0.2) is 0 Å². The van der Waals surface area contributed by atoms with Gasteiger partial charge in [-0.2, -0.15) is 0 Å². The van der Waals surface area contributed by atoms with Crippen molar-refractivity contribution in [2.24, 2.45) is 0 Å². The first-order valence-electron chi connectivity index (χ1n) is 12.9. The molecule has 0 amide bonds. The third-order valence-electron chi connectivity index (χ3n) is 7.10. The summed E-state index contributed by atoms with van der Waals surface area (Å²) in [4.78, 5) is 2.41. The molecular formula is C36H25NS. The Hall–Kier alpha value is -4.66. The van der Waals surface area contributed by atoms with E-state index in [1.807, 2.05) is 0 Å². The van der Waals surface area contributed by atoms with Crippen molar-refractivity contribution in [2.45, 2.75) is 0 Å². The van der Waals surface area contributed by atoms with Crippen LogP contribution in [-0.4, -0.2) is 0 Å². The summed E-state index contributed by atoms with van der Waals surface area (Å²) in [5.74, 6) is 0. The van der Waals surface area contributed by atoms with Crippen LogP contribution >= 0.6 is 11.3 Å². The average Bonchev–Trinajstić information content (AvgIpc) is 3.42. The number of benzene rings is 6. The number of nitrogens with zero attached hydrogens (tertiary/aromatic N) is 1.